The van der Waals surface area contributed by atoms with Crippen LogP contribution in [0, 0.1) is 17.8 Å². The molecule has 5 atom stereocenters. The summed E-state index contributed by atoms with van der Waals surface area (Å²) in [6, 6.07) is -1.04. The summed E-state index contributed by atoms with van der Waals surface area (Å²) >= 11 is 0. The summed E-state index contributed by atoms with van der Waals surface area (Å²) in [5.41, 5.74) is 2.63. The van der Waals surface area contributed by atoms with E-state index in [0.29, 0.717) is 17.6 Å². The Morgan fingerprint density at radius 1 is 1.09 bits per heavy atom. The van der Waals surface area contributed by atoms with E-state index in [4.69, 9.17) is 5.73 Å². The van der Waals surface area contributed by atoms with Crippen molar-refractivity contribution in [3.8, 4) is 0 Å². The van der Waals surface area contributed by atoms with Crippen LogP contribution in [0.5, 0.6) is 0 Å². The fraction of sp³-hybridized carbons (Fsp3) is 0.500. The predicted octanol–water partition coefficient (Wildman–Crippen LogP) is -0.205. The van der Waals surface area contributed by atoms with Crippen LogP contribution in [-0.4, -0.2) is 93.8 Å². The normalized spacial score (nSPS) is 33.1. The quantitative estimate of drug-likeness (QED) is 0.263. The highest BCUT2D eigenvalue weighted by molar-refractivity contribution is 6.24. The molecule has 0 saturated heterocycles. The van der Waals surface area contributed by atoms with Crippen molar-refractivity contribution in [2.45, 2.75) is 30.9 Å². The number of likely N-dealkylation sites (N-methyl/N-ethyl adjacent to an activating group) is 1. The number of aliphatic hydroxyl groups is 4. The highest BCUT2D eigenvalue weighted by Gasteiger charge is 2.63. The van der Waals surface area contributed by atoms with Gasteiger partial charge in [-0.1, -0.05) is 0 Å². The molecule has 11 nitrogen and oxygen atoms in total. The van der Waals surface area contributed by atoms with Gasteiger partial charge in [-0.3, -0.25) is 19.3 Å². The molecule has 1 unspecified atom stereocenters. The maximum atomic E-state index is 13.7. The van der Waals surface area contributed by atoms with Crippen LogP contribution in [0.3, 0.4) is 0 Å². The molecule has 0 aromatic heterocycles. The number of hydrogen-bond acceptors (Lipinski definition) is 10. The molecule has 4 rings (SSSR count). The lowest BCUT2D eigenvalue weighted by Crippen LogP contribution is -2.63. The average molecular weight is 488 g/mol. The van der Waals surface area contributed by atoms with E-state index in [2.05, 4.69) is 0 Å². The van der Waals surface area contributed by atoms with Crippen molar-refractivity contribution in [2.75, 3.05) is 28.2 Å². The smallest absolute Gasteiger partial charge is 0.255 e. The molecule has 0 aliphatic heterocycles. The molecule has 4 aliphatic carbocycles. The van der Waals surface area contributed by atoms with Crippen LogP contribution in [0.15, 0.2) is 45.3 Å². The van der Waals surface area contributed by atoms with Gasteiger partial charge in [-0.05, 0) is 38.4 Å². The van der Waals surface area contributed by atoms with Crippen LogP contribution in [-0.2, 0) is 19.2 Å². The van der Waals surface area contributed by atoms with Gasteiger partial charge in [0, 0.05) is 37.7 Å². The van der Waals surface area contributed by atoms with E-state index in [1.165, 1.54) is 4.90 Å². The third kappa shape index (κ3) is 3.18. The minimum atomic E-state index is -2.69. The maximum absolute atomic E-state index is 13.7. The van der Waals surface area contributed by atoms with Crippen molar-refractivity contribution in [3.63, 3.8) is 0 Å². The van der Waals surface area contributed by atoms with Crippen molar-refractivity contribution in [1.29, 1.82) is 0 Å². The van der Waals surface area contributed by atoms with Gasteiger partial charge in [0.2, 0.25) is 5.78 Å². The maximum Gasteiger partial charge on any atom is 0.255 e. The summed E-state index contributed by atoms with van der Waals surface area (Å²) in [6.07, 6.45) is 0.947. The minimum absolute atomic E-state index is 0.0156. The van der Waals surface area contributed by atoms with E-state index in [-0.39, 0.29) is 30.4 Å². The number of rotatable bonds is 4. The number of ketones is 2. The topological polar surface area (TPSA) is 182 Å². The van der Waals surface area contributed by atoms with Crippen LogP contribution in [0.1, 0.15) is 19.3 Å². The first-order valence-corrected chi connectivity index (χ1v) is 11.2. The molecule has 0 aromatic carbocycles. The fourth-order valence-electron chi connectivity index (χ4n) is 6.10. The Hall–Kier alpha value is -3.44. The monoisotopic (exact) mass is 487 g/mol. The molecule has 188 valence electrons. The molecular formula is C24H29N3O8. The lowest BCUT2D eigenvalue weighted by atomic mass is 9.57. The molecule has 0 spiro atoms. The molecule has 1 fully saturated rings. The number of aliphatic hydroxyl groups excluding tert-OH is 3. The molecule has 11 heteroatoms. The number of fused-ring (bicyclic) bond motifs is 3. The molecule has 4 aliphatic rings. The van der Waals surface area contributed by atoms with E-state index in [9.17, 15) is 39.6 Å². The lowest BCUT2D eigenvalue weighted by molar-refractivity contribution is -0.149. The van der Waals surface area contributed by atoms with Gasteiger partial charge in [0.25, 0.3) is 5.91 Å². The SMILES string of the molecule is CN(C)C1=C2C[C@H]3C[C@H]4[C@H](N(C)C)C(O)=C(C(N)=O)C(=O)[C@@]4(O)C(O)=C3C(=O)C2=C(O)C(C=O)C1. The Morgan fingerprint density at radius 3 is 2.23 bits per heavy atom. The number of hydrogen-bond donors (Lipinski definition) is 5. The number of primary amides is 1. The zero-order valence-electron chi connectivity index (χ0n) is 19.9. The minimum Gasteiger partial charge on any atom is -0.511 e. The Labute approximate surface area is 201 Å². The second-order valence-electron chi connectivity index (χ2n) is 9.99. The van der Waals surface area contributed by atoms with Crippen molar-refractivity contribution in [2.24, 2.45) is 23.5 Å². The molecule has 0 aromatic rings. The highest BCUT2D eigenvalue weighted by Crippen LogP contribution is 2.54. The summed E-state index contributed by atoms with van der Waals surface area (Å²) in [7, 11) is 6.66. The molecule has 1 saturated carbocycles. The molecule has 0 bridgehead atoms. The van der Waals surface area contributed by atoms with Gasteiger partial charge in [-0.25, -0.2) is 0 Å². The van der Waals surface area contributed by atoms with Crippen LogP contribution in [0.2, 0.25) is 0 Å². The molecule has 35 heavy (non-hydrogen) atoms. The van der Waals surface area contributed by atoms with E-state index >= 15 is 0 Å². The number of allylic oxidation sites excluding steroid dienone is 5. The van der Waals surface area contributed by atoms with Gasteiger partial charge in [0.05, 0.1) is 17.5 Å². The summed E-state index contributed by atoms with van der Waals surface area (Å²) in [4.78, 5) is 53.8. The number of carbonyl (C=O) groups excluding carboxylic acids is 4. The van der Waals surface area contributed by atoms with Gasteiger partial charge in [0.15, 0.2) is 11.4 Å². The van der Waals surface area contributed by atoms with Crippen molar-refractivity contribution >= 4 is 23.8 Å². The van der Waals surface area contributed by atoms with Gasteiger partial charge in [-0.2, -0.15) is 0 Å². The van der Waals surface area contributed by atoms with Gasteiger partial charge in [0.1, 0.15) is 29.1 Å². The Bertz CT molecular complexity index is 1190. The van der Waals surface area contributed by atoms with Crippen molar-refractivity contribution < 1.29 is 39.6 Å². The average Bonchev–Trinajstić information content (AvgIpc) is 2.75. The summed E-state index contributed by atoms with van der Waals surface area (Å²) in [5, 5.41) is 44.4. The number of carbonyl (C=O) groups is 4. The number of aldehydes is 1. The number of nitrogens with zero attached hydrogens (tertiary/aromatic N) is 2. The molecule has 0 heterocycles. The summed E-state index contributed by atoms with van der Waals surface area (Å²) in [6.45, 7) is 0. The van der Waals surface area contributed by atoms with Gasteiger partial charge in [-0.15, -0.1) is 0 Å². The van der Waals surface area contributed by atoms with E-state index in [1.807, 2.05) is 0 Å². The van der Waals surface area contributed by atoms with E-state index in [0.717, 1.165) is 0 Å². The number of nitrogens with two attached hydrogens (primary N) is 1. The first kappa shape index (κ1) is 24.7. The predicted molar refractivity (Wildman–Crippen MR) is 122 cm³/mol. The first-order valence-electron chi connectivity index (χ1n) is 11.2. The van der Waals surface area contributed by atoms with Crippen LogP contribution < -0.4 is 5.73 Å². The van der Waals surface area contributed by atoms with Gasteiger partial charge >= 0.3 is 0 Å². The van der Waals surface area contributed by atoms with Crippen molar-refractivity contribution in [1.82, 2.24) is 9.80 Å². The molecule has 6 N–H and O–H groups in total. The zero-order valence-corrected chi connectivity index (χ0v) is 19.9. The zero-order chi connectivity index (χ0) is 26.1. The Kier molecular flexibility index (Phi) is 5.68. The fourth-order valence-corrected chi connectivity index (χ4v) is 6.10. The summed E-state index contributed by atoms with van der Waals surface area (Å²) < 4.78 is 0. The van der Waals surface area contributed by atoms with Crippen LogP contribution in [0.4, 0.5) is 0 Å². The van der Waals surface area contributed by atoms with E-state index in [1.54, 1.807) is 33.1 Å². The van der Waals surface area contributed by atoms with Crippen LogP contribution in [0.25, 0.3) is 0 Å². The largest absolute Gasteiger partial charge is 0.511 e. The van der Waals surface area contributed by atoms with Gasteiger partial charge < -0.3 is 35.9 Å². The van der Waals surface area contributed by atoms with E-state index < -0.39 is 69.7 Å². The number of Topliss-reactive ketones (excluding diaryl/α,β-unsaturated/α-hetero) is 2. The highest BCUT2D eigenvalue weighted by atomic mass is 16.3. The van der Waals surface area contributed by atoms with Crippen LogP contribution >= 0.6 is 0 Å². The molecular weight excluding hydrogens is 458 g/mol. The third-order valence-corrected chi connectivity index (χ3v) is 7.69. The second-order valence-corrected chi connectivity index (χ2v) is 9.99. The second kappa shape index (κ2) is 8.06. The third-order valence-electron chi connectivity index (χ3n) is 7.69. The Morgan fingerprint density at radius 2 is 1.71 bits per heavy atom. The first-order chi connectivity index (χ1) is 16.3. The number of amides is 1. The molecule has 0 radical (unpaired) electrons. The Balaban J connectivity index is 1.97. The molecule has 1 amide bonds. The summed E-state index contributed by atoms with van der Waals surface area (Å²) in [5.74, 6) is -8.00. The lowest BCUT2D eigenvalue weighted by Gasteiger charge is -2.50. The van der Waals surface area contributed by atoms with Crippen molar-refractivity contribution in [3.05, 3.63) is 45.3 Å². The standard InChI is InChI=1S/C24H29N3O8/c1-26(2)13-7-10(8-28)18(29)15-11(13)5-9-6-12-17(27(3)4)20(31)16(23(25)34)22(33)24(12,35)21(32)14(9)19(15)30/h8-10,12,17,29,31-32,35H,5-7H2,1-4H3,(H2,25,34)/t9-,10?,12-,17-,24-/m0/s1.